The summed E-state index contributed by atoms with van der Waals surface area (Å²) in [5.41, 5.74) is 5.72. The maximum Gasteiger partial charge on any atom is 0.216 e. The van der Waals surface area contributed by atoms with E-state index in [9.17, 15) is 8.42 Å². The van der Waals surface area contributed by atoms with Gasteiger partial charge in [0, 0.05) is 18.8 Å². The molecule has 0 aromatic heterocycles. The standard InChI is InChI=1S/C19H32N2O2S/c1-15-17-10-8-9-16(17)11-12-18(15)20-13-6-5-7-14-21-24(22,23)19(2,3)4/h11-12,20-21H,5-10,13-14H2,1-4H3. The lowest BCUT2D eigenvalue weighted by molar-refractivity contribution is 0.540. The third-order valence-electron chi connectivity index (χ3n) is 4.84. The van der Waals surface area contributed by atoms with Crippen molar-refractivity contribution in [1.29, 1.82) is 0 Å². The van der Waals surface area contributed by atoms with Crippen molar-refractivity contribution >= 4 is 15.7 Å². The van der Waals surface area contributed by atoms with Gasteiger partial charge in [0.1, 0.15) is 0 Å². The zero-order valence-electron chi connectivity index (χ0n) is 15.5. The van der Waals surface area contributed by atoms with E-state index in [0.717, 1.165) is 25.8 Å². The van der Waals surface area contributed by atoms with Gasteiger partial charge in [0.25, 0.3) is 0 Å². The summed E-state index contributed by atoms with van der Waals surface area (Å²) < 4.78 is 25.8. The van der Waals surface area contributed by atoms with Crippen molar-refractivity contribution in [3.05, 3.63) is 28.8 Å². The van der Waals surface area contributed by atoms with Crippen molar-refractivity contribution < 1.29 is 8.42 Å². The first kappa shape index (κ1) is 19.3. The van der Waals surface area contributed by atoms with E-state index in [1.165, 1.54) is 41.6 Å². The van der Waals surface area contributed by atoms with E-state index in [2.05, 4.69) is 29.1 Å². The molecule has 136 valence electrons. The minimum absolute atomic E-state index is 0.525. The number of rotatable bonds is 8. The lowest BCUT2D eigenvalue weighted by Crippen LogP contribution is -2.39. The molecule has 0 radical (unpaired) electrons. The largest absolute Gasteiger partial charge is 0.385 e. The van der Waals surface area contributed by atoms with Crippen LogP contribution < -0.4 is 10.0 Å². The average Bonchev–Trinajstić information content (AvgIpc) is 2.96. The molecule has 0 fully saturated rings. The Morgan fingerprint density at radius 1 is 1.04 bits per heavy atom. The van der Waals surface area contributed by atoms with Crippen molar-refractivity contribution in [2.75, 3.05) is 18.4 Å². The Labute approximate surface area is 147 Å². The van der Waals surface area contributed by atoms with Gasteiger partial charge >= 0.3 is 0 Å². The number of hydrogen-bond donors (Lipinski definition) is 2. The summed E-state index contributed by atoms with van der Waals surface area (Å²) in [6.07, 6.45) is 6.66. The zero-order chi connectivity index (χ0) is 17.8. The van der Waals surface area contributed by atoms with Gasteiger partial charge < -0.3 is 5.32 Å². The summed E-state index contributed by atoms with van der Waals surface area (Å²) >= 11 is 0. The molecule has 0 unspecified atom stereocenters. The Hall–Kier alpha value is -1.07. The zero-order valence-corrected chi connectivity index (χ0v) is 16.4. The molecule has 2 rings (SSSR count). The van der Waals surface area contributed by atoms with Gasteiger partial charge in [-0.3, -0.25) is 0 Å². The van der Waals surface area contributed by atoms with Crippen LogP contribution in [0.5, 0.6) is 0 Å². The molecule has 0 saturated carbocycles. The van der Waals surface area contributed by atoms with Crippen molar-refractivity contribution in [3.8, 4) is 0 Å². The molecule has 4 nitrogen and oxygen atoms in total. The van der Waals surface area contributed by atoms with Gasteiger partial charge in [-0.05, 0) is 82.6 Å². The van der Waals surface area contributed by atoms with Crippen molar-refractivity contribution in [2.24, 2.45) is 0 Å². The van der Waals surface area contributed by atoms with Crippen LogP contribution >= 0.6 is 0 Å². The Kier molecular flexibility index (Phi) is 6.32. The molecular formula is C19H32N2O2S. The number of aryl methyl sites for hydroxylation is 1. The topological polar surface area (TPSA) is 58.2 Å². The molecule has 0 aliphatic heterocycles. The highest BCUT2D eigenvalue weighted by Crippen LogP contribution is 2.29. The minimum Gasteiger partial charge on any atom is -0.385 e. The number of fused-ring (bicyclic) bond motifs is 1. The molecule has 0 spiro atoms. The highest BCUT2D eigenvalue weighted by atomic mass is 32.2. The fraction of sp³-hybridized carbons (Fsp3) is 0.684. The molecule has 0 amide bonds. The SMILES string of the molecule is Cc1c(NCCCCCNS(=O)(=O)C(C)(C)C)ccc2c1CCC2. The summed E-state index contributed by atoms with van der Waals surface area (Å²) in [6, 6.07) is 4.47. The third kappa shape index (κ3) is 4.73. The Bertz CT molecular complexity index is 661. The van der Waals surface area contributed by atoms with Gasteiger partial charge in [0.15, 0.2) is 0 Å². The maximum absolute atomic E-state index is 11.9. The third-order valence-corrected chi connectivity index (χ3v) is 7.03. The highest BCUT2D eigenvalue weighted by molar-refractivity contribution is 7.90. The first-order valence-electron chi connectivity index (χ1n) is 9.07. The van der Waals surface area contributed by atoms with E-state index < -0.39 is 14.8 Å². The van der Waals surface area contributed by atoms with Crippen molar-refractivity contribution in [3.63, 3.8) is 0 Å². The van der Waals surface area contributed by atoms with E-state index in [1.807, 2.05) is 0 Å². The number of benzene rings is 1. The number of unbranched alkanes of at least 4 members (excludes halogenated alkanes) is 2. The van der Waals surface area contributed by atoms with Gasteiger partial charge in [0.2, 0.25) is 10.0 Å². The molecule has 1 aliphatic carbocycles. The molecule has 1 aromatic carbocycles. The molecule has 0 heterocycles. The molecule has 2 N–H and O–H groups in total. The average molecular weight is 353 g/mol. The van der Waals surface area contributed by atoms with E-state index in [0.29, 0.717) is 6.54 Å². The highest BCUT2D eigenvalue weighted by Gasteiger charge is 2.27. The van der Waals surface area contributed by atoms with E-state index in [4.69, 9.17) is 0 Å². The quantitative estimate of drug-likeness (QED) is 0.700. The molecule has 0 bridgehead atoms. The summed E-state index contributed by atoms with van der Waals surface area (Å²) in [5.74, 6) is 0. The number of sulfonamides is 1. The van der Waals surface area contributed by atoms with E-state index >= 15 is 0 Å². The van der Waals surface area contributed by atoms with Gasteiger partial charge in [-0.1, -0.05) is 12.5 Å². The Balaban J connectivity index is 1.66. The first-order valence-corrected chi connectivity index (χ1v) is 10.5. The predicted octanol–water partition coefficient (Wildman–Crippen LogP) is 3.78. The van der Waals surface area contributed by atoms with Crippen LogP contribution in [0, 0.1) is 6.92 Å². The van der Waals surface area contributed by atoms with Gasteiger partial charge in [-0.25, -0.2) is 13.1 Å². The van der Waals surface area contributed by atoms with Crippen LogP contribution in [0.25, 0.3) is 0 Å². The van der Waals surface area contributed by atoms with Gasteiger partial charge in [-0.15, -0.1) is 0 Å². The Morgan fingerprint density at radius 3 is 2.46 bits per heavy atom. The summed E-state index contributed by atoms with van der Waals surface area (Å²) in [7, 11) is -3.21. The molecule has 0 atom stereocenters. The van der Waals surface area contributed by atoms with Crippen LogP contribution in [0.2, 0.25) is 0 Å². The monoisotopic (exact) mass is 352 g/mol. The van der Waals surface area contributed by atoms with Gasteiger partial charge in [0.05, 0.1) is 4.75 Å². The normalized spacial score (nSPS) is 14.7. The van der Waals surface area contributed by atoms with Gasteiger partial charge in [-0.2, -0.15) is 0 Å². The van der Waals surface area contributed by atoms with E-state index in [1.54, 1.807) is 20.8 Å². The molecular weight excluding hydrogens is 320 g/mol. The van der Waals surface area contributed by atoms with E-state index in [-0.39, 0.29) is 0 Å². The summed E-state index contributed by atoms with van der Waals surface area (Å²) in [4.78, 5) is 0. The number of nitrogens with one attached hydrogen (secondary N) is 2. The molecule has 1 aliphatic rings. The lowest BCUT2D eigenvalue weighted by Gasteiger charge is -2.19. The minimum atomic E-state index is -3.21. The fourth-order valence-electron chi connectivity index (χ4n) is 3.12. The van der Waals surface area contributed by atoms with Crippen LogP contribution in [0.15, 0.2) is 12.1 Å². The predicted molar refractivity (Wildman–Crippen MR) is 102 cm³/mol. The van der Waals surface area contributed by atoms with Crippen molar-refractivity contribution in [2.45, 2.75) is 71.0 Å². The Morgan fingerprint density at radius 2 is 1.75 bits per heavy atom. The summed E-state index contributed by atoms with van der Waals surface area (Å²) in [6.45, 7) is 8.84. The molecule has 5 heteroatoms. The smallest absolute Gasteiger partial charge is 0.216 e. The van der Waals surface area contributed by atoms with Crippen LogP contribution in [-0.4, -0.2) is 26.3 Å². The van der Waals surface area contributed by atoms with Crippen LogP contribution in [-0.2, 0) is 22.9 Å². The first-order chi connectivity index (χ1) is 11.2. The number of hydrogen-bond acceptors (Lipinski definition) is 3. The molecule has 24 heavy (non-hydrogen) atoms. The van der Waals surface area contributed by atoms with Crippen LogP contribution in [0.4, 0.5) is 5.69 Å². The fourth-order valence-corrected chi connectivity index (χ4v) is 3.96. The summed E-state index contributed by atoms with van der Waals surface area (Å²) in [5, 5.41) is 3.54. The lowest BCUT2D eigenvalue weighted by atomic mass is 10.0. The van der Waals surface area contributed by atoms with Crippen LogP contribution in [0.1, 0.15) is 63.1 Å². The molecule has 0 saturated heterocycles. The number of anilines is 1. The van der Waals surface area contributed by atoms with Crippen LogP contribution in [0.3, 0.4) is 0 Å². The second-order valence-electron chi connectivity index (χ2n) is 7.73. The second kappa shape index (κ2) is 7.87. The van der Waals surface area contributed by atoms with Crippen molar-refractivity contribution in [1.82, 2.24) is 4.72 Å². The second-order valence-corrected chi connectivity index (χ2v) is 10.2. The maximum atomic E-state index is 11.9. The molecule has 1 aromatic rings.